The van der Waals surface area contributed by atoms with Gasteiger partial charge in [0.15, 0.2) is 0 Å². The van der Waals surface area contributed by atoms with E-state index in [1.165, 1.54) is 13.3 Å². The quantitative estimate of drug-likeness (QED) is 0.488. The molecule has 0 unspecified atom stereocenters. The van der Waals surface area contributed by atoms with Gasteiger partial charge in [-0.1, -0.05) is 0 Å². The zero-order valence-corrected chi connectivity index (χ0v) is 7.58. The molecule has 0 aromatic carbocycles. The number of halogens is 1. The largest absolute Gasteiger partial charge is 0.324 e. The molecule has 0 aromatic heterocycles. The maximum absolute atomic E-state index is 11.8. The Morgan fingerprint density at radius 3 is 1.90 bits per heavy atom. The van der Waals surface area contributed by atoms with Crippen molar-refractivity contribution in [2.24, 2.45) is 0 Å². The van der Waals surface area contributed by atoms with Gasteiger partial charge in [0.25, 0.3) is 0 Å². The standard InChI is InChI=1S/C4H10FO3PS/c1-9(2,6)3-4-10(5,7)8/h3-4H2,1-2H3. The Hall–Kier alpha value is 0.110. The average Bonchev–Trinajstić information content (AvgIpc) is 1.57. The molecule has 0 amide bonds. The predicted molar refractivity (Wildman–Crippen MR) is 39.2 cm³/mol. The lowest BCUT2D eigenvalue weighted by atomic mass is 11.0. The molecule has 0 spiro atoms. The average molecular weight is 188 g/mol. The van der Waals surface area contributed by atoms with Crippen LogP contribution in [-0.2, 0) is 14.8 Å². The summed E-state index contributed by atoms with van der Waals surface area (Å²) < 4.78 is 42.4. The lowest BCUT2D eigenvalue weighted by molar-refractivity contribution is 0.551. The first-order chi connectivity index (χ1) is 4.21. The van der Waals surface area contributed by atoms with E-state index in [1.807, 2.05) is 0 Å². The van der Waals surface area contributed by atoms with Gasteiger partial charge in [0, 0.05) is 6.16 Å². The second kappa shape index (κ2) is 3.01. The Labute approximate surface area is 60.2 Å². The zero-order valence-electron chi connectivity index (χ0n) is 5.87. The molecule has 0 radical (unpaired) electrons. The Morgan fingerprint density at radius 1 is 1.40 bits per heavy atom. The van der Waals surface area contributed by atoms with Gasteiger partial charge < -0.3 is 4.57 Å². The highest BCUT2D eigenvalue weighted by Crippen LogP contribution is 2.35. The fraction of sp³-hybridized carbons (Fsp3) is 1.00. The van der Waals surface area contributed by atoms with Crippen molar-refractivity contribution >= 4 is 17.4 Å². The maximum Gasteiger partial charge on any atom is 0.302 e. The van der Waals surface area contributed by atoms with Gasteiger partial charge in [-0.15, -0.1) is 3.89 Å². The van der Waals surface area contributed by atoms with Gasteiger partial charge in [-0.05, 0) is 13.3 Å². The van der Waals surface area contributed by atoms with E-state index in [0.29, 0.717) is 0 Å². The van der Waals surface area contributed by atoms with Crippen LogP contribution in [0.5, 0.6) is 0 Å². The van der Waals surface area contributed by atoms with Crippen LogP contribution in [0.25, 0.3) is 0 Å². The van der Waals surface area contributed by atoms with Crippen LogP contribution >= 0.6 is 7.14 Å². The molecular formula is C4H10FO3PS. The summed E-state index contributed by atoms with van der Waals surface area (Å²) in [7, 11) is -6.81. The smallest absolute Gasteiger partial charge is 0.302 e. The highest BCUT2D eigenvalue weighted by Gasteiger charge is 2.13. The zero-order chi connectivity index (χ0) is 8.41. The van der Waals surface area contributed by atoms with Crippen molar-refractivity contribution in [3.8, 4) is 0 Å². The minimum Gasteiger partial charge on any atom is -0.324 e. The van der Waals surface area contributed by atoms with E-state index in [-0.39, 0.29) is 6.16 Å². The molecule has 0 rings (SSSR count). The summed E-state index contributed by atoms with van der Waals surface area (Å²) in [5.74, 6) is -0.628. The van der Waals surface area contributed by atoms with Gasteiger partial charge >= 0.3 is 10.2 Å². The van der Waals surface area contributed by atoms with Crippen molar-refractivity contribution in [2.75, 3.05) is 25.2 Å². The minimum absolute atomic E-state index is 0.0775. The fourth-order valence-corrected chi connectivity index (χ4v) is 2.96. The summed E-state index contributed by atoms with van der Waals surface area (Å²) in [5.41, 5.74) is 0. The van der Waals surface area contributed by atoms with E-state index in [1.54, 1.807) is 0 Å². The molecule has 0 N–H and O–H groups in total. The van der Waals surface area contributed by atoms with Gasteiger partial charge in [0.05, 0.1) is 12.9 Å². The van der Waals surface area contributed by atoms with E-state index >= 15 is 0 Å². The number of rotatable bonds is 3. The molecule has 0 saturated heterocycles. The predicted octanol–water partition coefficient (Wildman–Crippen LogP) is 0.908. The molecule has 0 aliphatic carbocycles. The molecule has 6 heteroatoms. The van der Waals surface area contributed by atoms with Crippen LogP contribution in [0.4, 0.5) is 3.89 Å². The van der Waals surface area contributed by atoms with Crippen LogP contribution < -0.4 is 0 Å². The van der Waals surface area contributed by atoms with Gasteiger partial charge in [-0.3, -0.25) is 0 Å². The molecular weight excluding hydrogens is 178 g/mol. The first kappa shape index (κ1) is 10.1. The molecule has 3 nitrogen and oxygen atoms in total. The van der Waals surface area contributed by atoms with Crippen LogP contribution in [0.2, 0.25) is 0 Å². The molecule has 0 aromatic rings. The minimum atomic E-state index is -4.43. The van der Waals surface area contributed by atoms with E-state index in [9.17, 15) is 16.9 Å². The van der Waals surface area contributed by atoms with Gasteiger partial charge in [-0.2, -0.15) is 8.42 Å². The van der Waals surface area contributed by atoms with Crippen LogP contribution in [0, 0.1) is 0 Å². The third kappa shape index (κ3) is 8.11. The highest BCUT2D eigenvalue weighted by atomic mass is 32.3. The summed E-state index contributed by atoms with van der Waals surface area (Å²) in [4.78, 5) is 0. The van der Waals surface area contributed by atoms with Crippen molar-refractivity contribution in [2.45, 2.75) is 0 Å². The first-order valence-corrected chi connectivity index (χ1v) is 7.01. The Bertz CT molecular complexity index is 239. The lowest BCUT2D eigenvalue weighted by Crippen LogP contribution is -2.03. The number of hydrogen-bond donors (Lipinski definition) is 0. The van der Waals surface area contributed by atoms with Gasteiger partial charge in [-0.25, -0.2) is 0 Å². The first-order valence-electron chi connectivity index (χ1n) is 2.67. The van der Waals surface area contributed by atoms with Crippen molar-refractivity contribution in [1.29, 1.82) is 0 Å². The lowest BCUT2D eigenvalue weighted by Gasteiger charge is -2.01. The van der Waals surface area contributed by atoms with Gasteiger partial charge in [0.2, 0.25) is 0 Å². The molecule has 0 fully saturated rings. The highest BCUT2D eigenvalue weighted by molar-refractivity contribution is 7.86. The van der Waals surface area contributed by atoms with Gasteiger partial charge in [0.1, 0.15) is 0 Å². The molecule has 0 bridgehead atoms. The second-order valence-electron chi connectivity index (χ2n) is 2.54. The molecule has 62 valence electrons. The van der Waals surface area contributed by atoms with Crippen LogP contribution in [-0.4, -0.2) is 33.7 Å². The second-order valence-corrected chi connectivity index (χ2v) is 7.62. The third-order valence-electron chi connectivity index (χ3n) is 0.874. The third-order valence-corrected chi connectivity index (χ3v) is 3.17. The summed E-state index contributed by atoms with van der Waals surface area (Å²) in [6.07, 6.45) is -0.0775. The van der Waals surface area contributed by atoms with Crippen molar-refractivity contribution in [3.63, 3.8) is 0 Å². The van der Waals surface area contributed by atoms with E-state index in [2.05, 4.69) is 0 Å². The van der Waals surface area contributed by atoms with Crippen molar-refractivity contribution in [3.05, 3.63) is 0 Å². The molecule has 0 heterocycles. The monoisotopic (exact) mass is 188 g/mol. The molecule has 0 atom stereocenters. The van der Waals surface area contributed by atoms with E-state index in [4.69, 9.17) is 0 Å². The van der Waals surface area contributed by atoms with E-state index < -0.39 is 23.1 Å². The fourth-order valence-electron chi connectivity index (χ4n) is 0.329. The summed E-state index contributed by atoms with van der Waals surface area (Å²) in [6, 6.07) is 0. The number of hydrogen-bond acceptors (Lipinski definition) is 3. The van der Waals surface area contributed by atoms with Crippen LogP contribution in [0.15, 0.2) is 0 Å². The maximum atomic E-state index is 11.8. The molecule has 10 heavy (non-hydrogen) atoms. The topological polar surface area (TPSA) is 51.2 Å². The Morgan fingerprint density at radius 2 is 1.80 bits per heavy atom. The van der Waals surface area contributed by atoms with Crippen molar-refractivity contribution in [1.82, 2.24) is 0 Å². The molecule has 0 aliphatic heterocycles. The van der Waals surface area contributed by atoms with Crippen LogP contribution in [0.3, 0.4) is 0 Å². The Balaban J connectivity index is 3.92. The van der Waals surface area contributed by atoms with E-state index in [0.717, 1.165) is 0 Å². The summed E-state index contributed by atoms with van der Waals surface area (Å²) in [5, 5.41) is 0. The Kier molecular flexibility index (Phi) is 3.04. The molecule has 0 aliphatic rings. The normalized spacial score (nSPS) is 13.5. The summed E-state index contributed by atoms with van der Waals surface area (Å²) >= 11 is 0. The van der Waals surface area contributed by atoms with Crippen LogP contribution in [0.1, 0.15) is 0 Å². The summed E-state index contributed by atoms with van der Waals surface area (Å²) in [6.45, 7) is 2.86. The SMILES string of the molecule is CP(C)(=O)CCS(=O)(=O)F. The molecule has 0 saturated carbocycles. The van der Waals surface area contributed by atoms with Crippen molar-refractivity contribution < 1.29 is 16.9 Å².